The van der Waals surface area contributed by atoms with E-state index in [0.717, 1.165) is 34.3 Å². The number of halogens is 1. The highest BCUT2D eigenvalue weighted by atomic mass is 79.9. The molecule has 0 N–H and O–H groups in total. The predicted molar refractivity (Wildman–Crippen MR) is 86.6 cm³/mol. The fourth-order valence-corrected chi connectivity index (χ4v) is 3.01. The number of carbonyl (C=O) groups excluding carboxylic acids is 1. The number of hydrogen-bond acceptors (Lipinski definition) is 4. The third-order valence-corrected chi connectivity index (χ3v) is 4.01. The first-order valence-electron chi connectivity index (χ1n) is 7.39. The molecule has 6 heteroatoms. The molecule has 3 heterocycles. The summed E-state index contributed by atoms with van der Waals surface area (Å²) >= 11 is 3.36. The van der Waals surface area contributed by atoms with Gasteiger partial charge < -0.3 is 9.15 Å². The topological polar surface area (TPSA) is 55.6 Å². The van der Waals surface area contributed by atoms with Crippen molar-refractivity contribution in [3.63, 3.8) is 0 Å². The Kier molecular flexibility index (Phi) is 3.89. The molecular weight excluding hydrogens is 348 g/mol. The SMILES string of the molecule is CC(C)(C)OC(=O)N1CCC[C@H]1c1cc2nc(Br)ccc2o1. The molecule has 5 nitrogen and oxygen atoms in total. The highest BCUT2D eigenvalue weighted by molar-refractivity contribution is 9.10. The summed E-state index contributed by atoms with van der Waals surface area (Å²) in [4.78, 5) is 18.5. The van der Waals surface area contributed by atoms with E-state index in [1.54, 1.807) is 4.90 Å². The minimum absolute atomic E-state index is 0.0807. The van der Waals surface area contributed by atoms with Crippen molar-refractivity contribution in [2.75, 3.05) is 6.54 Å². The lowest BCUT2D eigenvalue weighted by molar-refractivity contribution is 0.0209. The first kappa shape index (κ1) is 15.3. The van der Waals surface area contributed by atoms with Crippen molar-refractivity contribution in [2.24, 2.45) is 0 Å². The third kappa shape index (κ3) is 3.11. The Balaban J connectivity index is 1.86. The zero-order chi connectivity index (χ0) is 15.9. The fourth-order valence-electron chi connectivity index (χ4n) is 2.68. The van der Waals surface area contributed by atoms with E-state index in [-0.39, 0.29) is 12.1 Å². The van der Waals surface area contributed by atoms with Crippen LogP contribution in [0.1, 0.15) is 45.4 Å². The summed E-state index contributed by atoms with van der Waals surface area (Å²) < 4.78 is 12.1. The lowest BCUT2D eigenvalue weighted by Crippen LogP contribution is -2.36. The van der Waals surface area contributed by atoms with Crippen molar-refractivity contribution in [2.45, 2.75) is 45.3 Å². The van der Waals surface area contributed by atoms with Gasteiger partial charge in [0, 0.05) is 12.6 Å². The minimum Gasteiger partial charge on any atom is -0.457 e. The molecule has 1 atom stereocenters. The zero-order valence-corrected chi connectivity index (χ0v) is 14.5. The van der Waals surface area contributed by atoms with Crippen molar-refractivity contribution in [1.82, 2.24) is 9.88 Å². The van der Waals surface area contributed by atoms with E-state index in [1.165, 1.54) is 0 Å². The van der Waals surface area contributed by atoms with Crippen molar-refractivity contribution >= 4 is 33.1 Å². The van der Waals surface area contributed by atoms with Crippen LogP contribution in [-0.4, -0.2) is 28.1 Å². The summed E-state index contributed by atoms with van der Waals surface area (Å²) in [5.74, 6) is 0.768. The number of ether oxygens (including phenoxy) is 1. The van der Waals surface area contributed by atoms with E-state index in [1.807, 2.05) is 39.0 Å². The average molecular weight is 367 g/mol. The maximum atomic E-state index is 12.4. The van der Waals surface area contributed by atoms with Gasteiger partial charge in [0.25, 0.3) is 0 Å². The Morgan fingerprint density at radius 1 is 1.45 bits per heavy atom. The Hall–Kier alpha value is -1.56. The van der Waals surface area contributed by atoms with Crippen LogP contribution in [0.3, 0.4) is 0 Å². The van der Waals surface area contributed by atoms with Crippen LogP contribution in [0.15, 0.2) is 27.2 Å². The Morgan fingerprint density at radius 2 is 2.23 bits per heavy atom. The van der Waals surface area contributed by atoms with Crippen LogP contribution < -0.4 is 0 Å². The molecule has 118 valence electrons. The van der Waals surface area contributed by atoms with E-state index < -0.39 is 5.60 Å². The van der Waals surface area contributed by atoms with Crippen LogP contribution in [0.5, 0.6) is 0 Å². The van der Waals surface area contributed by atoms with Gasteiger partial charge in [-0.3, -0.25) is 4.90 Å². The minimum atomic E-state index is -0.496. The number of rotatable bonds is 1. The van der Waals surface area contributed by atoms with Crippen molar-refractivity contribution in [3.8, 4) is 0 Å². The molecule has 1 fully saturated rings. The third-order valence-electron chi connectivity index (χ3n) is 3.57. The summed E-state index contributed by atoms with van der Waals surface area (Å²) in [6, 6.07) is 5.55. The quantitative estimate of drug-likeness (QED) is 0.688. The van der Waals surface area contributed by atoms with E-state index in [4.69, 9.17) is 9.15 Å². The van der Waals surface area contributed by atoms with E-state index in [9.17, 15) is 4.79 Å². The number of nitrogens with zero attached hydrogens (tertiary/aromatic N) is 2. The van der Waals surface area contributed by atoms with Crippen molar-refractivity contribution in [1.29, 1.82) is 0 Å². The molecule has 0 aliphatic carbocycles. The molecule has 1 aliphatic heterocycles. The van der Waals surface area contributed by atoms with Crippen LogP contribution in [0.4, 0.5) is 4.79 Å². The molecule has 0 saturated carbocycles. The maximum Gasteiger partial charge on any atom is 0.410 e. The molecule has 3 rings (SSSR count). The highest BCUT2D eigenvalue weighted by Crippen LogP contribution is 2.35. The molecular formula is C16H19BrN2O3. The molecule has 0 unspecified atom stereocenters. The molecule has 2 aromatic heterocycles. The number of amides is 1. The van der Waals surface area contributed by atoms with Crippen LogP contribution >= 0.6 is 15.9 Å². The van der Waals surface area contributed by atoms with Crippen LogP contribution in [-0.2, 0) is 4.74 Å². The van der Waals surface area contributed by atoms with Crippen LogP contribution in [0, 0.1) is 0 Å². The second-order valence-electron chi connectivity index (χ2n) is 6.50. The second-order valence-corrected chi connectivity index (χ2v) is 7.31. The molecule has 1 aliphatic rings. The van der Waals surface area contributed by atoms with Crippen molar-refractivity contribution in [3.05, 3.63) is 28.6 Å². The van der Waals surface area contributed by atoms with Gasteiger partial charge in [-0.1, -0.05) is 0 Å². The van der Waals surface area contributed by atoms with Gasteiger partial charge >= 0.3 is 6.09 Å². The summed E-state index contributed by atoms with van der Waals surface area (Å²) in [6.45, 7) is 6.31. The maximum absolute atomic E-state index is 12.4. The van der Waals surface area contributed by atoms with Crippen molar-refractivity contribution < 1.29 is 13.9 Å². The summed E-state index contributed by atoms with van der Waals surface area (Å²) in [6.07, 6.45) is 1.53. The van der Waals surface area contributed by atoms with Gasteiger partial charge in [-0.25, -0.2) is 9.78 Å². The predicted octanol–water partition coefficient (Wildman–Crippen LogP) is 4.66. The van der Waals surface area contributed by atoms with Gasteiger partial charge in [0.2, 0.25) is 0 Å². The first-order chi connectivity index (χ1) is 10.3. The van der Waals surface area contributed by atoms with E-state index >= 15 is 0 Å². The lowest BCUT2D eigenvalue weighted by Gasteiger charge is -2.27. The van der Waals surface area contributed by atoms with Gasteiger partial charge in [-0.15, -0.1) is 0 Å². The molecule has 0 bridgehead atoms. The Bertz CT molecular complexity index is 705. The largest absolute Gasteiger partial charge is 0.457 e. The monoisotopic (exact) mass is 366 g/mol. The summed E-state index contributed by atoms with van der Waals surface area (Å²) in [5.41, 5.74) is 1.03. The second kappa shape index (κ2) is 5.57. The Labute approximate surface area is 137 Å². The molecule has 22 heavy (non-hydrogen) atoms. The number of likely N-dealkylation sites (tertiary alicyclic amines) is 1. The van der Waals surface area contributed by atoms with Crippen LogP contribution in [0.25, 0.3) is 11.1 Å². The molecule has 0 aromatic carbocycles. The lowest BCUT2D eigenvalue weighted by atomic mass is 10.1. The number of fused-ring (bicyclic) bond motifs is 1. The number of pyridine rings is 1. The van der Waals surface area contributed by atoms with Gasteiger partial charge in [-0.2, -0.15) is 0 Å². The molecule has 1 amide bonds. The smallest absolute Gasteiger partial charge is 0.410 e. The normalized spacial score (nSPS) is 18.9. The summed E-state index contributed by atoms with van der Waals surface area (Å²) in [5, 5.41) is 0. The van der Waals surface area contributed by atoms with Gasteiger partial charge in [-0.05, 0) is 61.7 Å². The molecule has 1 saturated heterocycles. The molecule has 0 spiro atoms. The number of hydrogen-bond donors (Lipinski definition) is 0. The van der Waals surface area contributed by atoms with Crippen LogP contribution in [0.2, 0.25) is 0 Å². The van der Waals surface area contributed by atoms with E-state index in [2.05, 4.69) is 20.9 Å². The fraction of sp³-hybridized carbons (Fsp3) is 0.500. The number of aromatic nitrogens is 1. The van der Waals surface area contributed by atoms with E-state index in [0.29, 0.717) is 6.54 Å². The number of furan rings is 1. The van der Waals surface area contributed by atoms with Gasteiger partial charge in [0.1, 0.15) is 21.5 Å². The highest BCUT2D eigenvalue weighted by Gasteiger charge is 2.35. The Morgan fingerprint density at radius 3 is 2.95 bits per heavy atom. The first-order valence-corrected chi connectivity index (χ1v) is 8.18. The standard InChI is InChI=1S/C16H19BrN2O3/c1-16(2,3)22-15(20)19-8-4-5-11(19)13-9-10-12(21-13)6-7-14(17)18-10/h6-7,9,11H,4-5,8H2,1-3H3/t11-/m0/s1. The summed E-state index contributed by atoms with van der Waals surface area (Å²) in [7, 11) is 0. The molecule has 2 aromatic rings. The van der Waals surface area contributed by atoms with Gasteiger partial charge in [0.05, 0.1) is 6.04 Å². The zero-order valence-electron chi connectivity index (χ0n) is 12.9. The average Bonchev–Trinajstić information content (AvgIpc) is 3.01. The number of carbonyl (C=O) groups is 1. The van der Waals surface area contributed by atoms with Gasteiger partial charge in [0.15, 0.2) is 5.58 Å². The molecule has 0 radical (unpaired) electrons.